The van der Waals surface area contributed by atoms with Gasteiger partial charge in [-0.1, -0.05) is 58.0 Å². The molecule has 19 heavy (non-hydrogen) atoms. The second-order valence-electron chi connectivity index (χ2n) is 6.26. The van der Waals surface area contributed by atoms with Crippen LogP contribution in [0, 0.1) is 11.8 Å². The molecule has 2 nitrogen and oxygen atoms in total. The van der Waals surface area contributed by atoms with Gasteiger partial charge in [0.05, 0.1) is 0 Å². The summed E-state index contributed by atoms with van der Waals surface area (Å²) in [6.45, 7) is 12.3. The van der Waals surface area contributed by atoms with Crippen molar-refractivity contribution in [3.8, 4) is 0 Å². The molecule has 1 N–H and O–H groups in total. The lowest BCUT2D eigenvalue weighted by molar-refractivity contribution is 0.178. The fourth-order valence-electron chi connectivity index (χ4n) is 2.41. The number of likely N-dealkylation sites (N-methyl/N-ethyl adjacent to an activating group) is 1. The molecule has 2 heteroatoms. The second kappa shape index (κ2) is 8.34. The topological polar surface area (TPSA) is 15.3 Å². The average molecular weight is 262 g/mol. The van der Waals surface area contributed by atoms with Gasteiger partial charge in [-0.2, -0.15) is 0 Å². The molecule has 0 saturated carbocycles. The van der Waals surface area contributed by atoms with Crippen molar-refractivity contribution in [2.24, 2.45) is 11.8 Å². The van der Waals surface area contributed by atoms with E-state index in [4.69, 9.17) is 0 Å². The minimum atomic E-state index is 0.582. The Kier molecular flexibility index (Phi) is 7.11. The Morgan fingerprint density at radius 3 is 2.16 bits per heavy atom. The van der Waals surface area contributed by atoms with E-state index in [1.807, 2.05) is 0 Å². The van der Waals surface area contributed by atoms with Crippen LogP contribution in [0.25, 0.3) is 0 Å². The van der Waals surface area contributed by atoms with E-state index < -0.39 is 0 Å². The molecular formula is C17H30N2. The molecule has 1 rings (SSSR count). The number of hydrogen-bond acceptors (Lipinski definition) is 2. The highest BCUT2D eigenvalue weighted by Gasteiger charge is 2.18. The first-order valence-electron chi connectivity index (χ1n) is 7.45. The van der Waals surface area contributed by atoms with Crippen molar-refractivity contribution in [1.29, 1.82) is 0 Å². The summed E-state index contributed by atoms with van der Waals surface area (Å²) in [5.41, 5.74) is 1.39. The first-order valence-corrected chi connectivity index (χ1v) is 7.45. The molecule has 0 aromatic heterocycles. The second-order valence-corrected chi connectivity index (χ2v) is 6.26. The van der Waals surface area contributed by atoms with Gasteiger partial charge in [-0.25, -0.2) is 0 Å². The van der Waals surface area contributed by atoms with Gasteiger partial charge in [0.2, 0.25) is 0 Å². The van der Waals surface area contributed by atoms with E-state index in [1.54, 1.807) is 0 Å². The maximum absolute atomic E-state index is 3.59. The summed E-state index contributed by atoms with van der Waals surface area (Å²) in [5.74, 6) is 1.38. The Balaban J connectivity index is 2.50. The standard InChI is InChI=1S/C17H30N2/c1-14(2)11-18-12-17(15(3)4)19(5)13-16-9-7-6-8-10-16/h6-10,14-15,17-18H,11-13H2,1-5H3. The third-order valence-electron chi connectivity index (χ3n) is 3.52. The van der Waals surface area contributed by atoms with Crippen molar-refractivity contribution in [2.75, 3.05) is 20.1 Å². The van der Waals surface area contributed by atoms with Gasteiger partial charge in [0.1, 0.15) is 0 Å². The lowest BCUT2D eigenvalue weighted by atomic mass is 10.0. The van der Waals surface area contributed by atoms with Gasteiger partial charge >= 0.3 is 0 Å². The zero-order chi connectivity index (χ0) is 14.3. The smallest absolute Gasteiger partial charge is 0.0244 e. The van der Waals surface area contributed by atoms with Crippen LogP contribution >= 0.6 is 0 Å². The lowest BCUT2D eigenvalue weighted by Gasteiger charge is -2.32. The average Bonchev–Trinajstić information content (AvgIpc) is 2.35. The SMILES string of the molecule is CC(C)CNCC(C(C)C)N(C)Cc1ccccc1. The van der Waals surface area contributed by atoms with Crippen LogP contribution in [-0.2, 0) is 6.54 Å². The van der Waals surface area contributed by atoms with Crippen LogP contribution < -0.4 is 5.32 Å². The van der Waals surface area contributed by atoms with Gasteiger partial charge in [-0.05, 0) is 31.0 Å². The van der Waals surface area contributed by atoms with E-state index >= 15 is 0 Å². The fraction of sp³-hybridized carbons (Fsp3) is 0.647. The van der Waals surface area contributed by atoms with Crippen molar-refractivity contribution in [2.45, 2.75) is 40.3 Å². The molecule has 1 unspecified atom stereocenters. The number of nitrogens with zero attached hydrogens (tertiary/aromatic N) is 1. The van der Waals surface area contributed by atoms with Crippen molar-refractivity contribution in [1.82, 2.24) is 10.2 Å². The third-order valence-corrected chi connectivity index (χ3v) is 3.52. The molecule has 0 spiro atoms. The number of benzene rings is 1. The van der Waals surface area contributed by atoms with Crippen LogP contribution in [0.3, 0.4) is 0 Å². The predicted octanol–water partition coefficient (Wildman–Crippen LogP) is 3.39. The largest absolute Gasteiger partial charge is 0.315 e. The highest BCUT2D eigenvalue weighted by atomic mass is 15.1. The monoisotopic (exact) mass is 262 g/mol. The highest BCUT2D eigenvalue weighted by molar-refractivity contribution is 5.14. The van der Waals surface area contributed by atoms with E-state index in [-0.39, 0.29) is 0 Å². The van der Waals surface area contributed by atoms with Gasteiger partial charge in [0.15, 0.2) is 0 Å². The Morgan fingerprint density at radius 2 is 1.63 bits per heavy atom. The van der Waals surface area contributed by atoms with Crippen molar-refractivity contribution < 1.29 is 0 Å². The molecule has 1 aromatic rings. The number of rotatable bonds is 8. The summed E-state index contributed by atoms with van der Waals surface area (Å²) in [6, 6.07) is 11.3. The van der Waals surface area contributed by atoms with Crippen LogP contribution in [0.15, 0.2) is 30.3 Å². The maximum Gasteiger partial charge on any atom is 0.0244 e. The summed E-state index contributed by atoms with van der Waals surface area (Å²) >= 11 is 0. The Morgan fingerprint density at radius 1 is 1.00 bits per heavy atom. The van der Waals surface area contributed by atoms with Gasteiger partial charge in [0, 0.05) is 19.1 Å². The molecule has 108 valence electrons. The normalized spacial score (nSPS) is 13.5. The summed E-state index contributed by atoms with van der Waals surface area (Å²) < 4.78 is 0. The molecule has 0 bridgehead atoms. The minimum absolute atomic E-state index is 0.582. The third kappa shape index (κ3) is 6.22. The van der Waals surface area contributed by atoms with E-state index in [1.165, 1.54) is 5.56 Å². The highest BCUT2D eigenvalue weighted by Crippen LogP contribution is 2.12. The molecule has 0 radical (unpaired) electrons. The summed E-state index contributed by atoms with van der Waals surface area (Å²) in [6.07, 6.45) is 0. The van der Waals surface area contributed by atoms with E-state index in [9.17, 15) is 0 Å². The molecule has 0 aliphatic carbocycles. The summed E-state index contributed by atoms with van der Waals surface area (Å²) in [5, 5.41) is 3.59. The van der Waals surface area contributed by atoms with Crippen LogP contribution in [0.5, 0.6) is 0 Å². The van der Waals surface area contributed by atoms with Crippen LogP contribution in [0.4, 0.5) is 0 Å². The molecule has 0 saturated heterocycles. The summed E-state index contributed by atoms with van der Waals surface area (Å²) in [4.78, 5) is 2.47. The molecule has 1 aromatic carbocycles. The maximum atomic E-state index is 3.59. The molecular weight excluding hydrogens is 232 g/mol. The number of hydrogen-bond donors (Lipinski definition) is 1. The minimum Gasteiger partial charge on any atom is -0.315 e. The summed E-state index contributed by atoms with van der Waals surface area (Å²) in [7, 11) is 2.23. The predicted molar refractivity (Wildman–Crippen MR) is 84.2 cm³/mol. The number of nitrogens with one attached hydrogen (secondary N) is 1. The Hall–Kier alpha value is -0.860. The van der Waals surface area contributed by atoms with E-state index in [2.05, 4.69) is 75.3 Å². The molecule has 0 fully saturated rings. The van der Waals surface area contributed by atoms with Crippen LogP contribution in [0.2, 0.25) is 0 Å². The molecule has 1 atom stereocenters. The van der Waals surface area contributed by atoms with E-state index in [0.717, 1.165) is 19.6 Å². The van der Waals surface area contributed by atoms with Gasteiger partial charge < -0.3 is 5.32 Å². The van der Waals surface area contributed by atoms with Crippen LogP contribution in [0.1, 0.15) is 33.3 Å². The molecule has 0 aliphatic rings. The van der Waals surface area contributed by atoms with Crippen molar-refractivity contribution >= 4 is 0 Å². The zero-order valence-electron chi connectivity index (χ0n) is 13.2. The van der Waals surface area contributed by atoms with Gasteiger partial charge in [-0.3, -0.25) is 4.90 Å². The van der Waals surface area contributed by atoms with Gasteiger partial charge in [-0.15, -0.1) is 0 Å². The zero-order valence-corrected chi connectivity index (χ0v) is 13.2. The Labute approximate surface area is 119 Å². The van der Waals surface area contributed by atoms with Gasteiger partial charge in [0.25, 0.3) is 0 Å². The first-order chi connectivity index (χ1) is 9.00. The van der Waals surface area contributed by atoms with Crippen molar-refractivity contribution in [3.63, 3.8) is 0 Å². The van der Waals surface area contributed by atoms with Crippen molar-refractivity contribution in [3.05, 3.63) is 35.9 Å². The molecule has 0 heterocycles. The first kappa shape index (κ1) is 16.2. The lowest BCUT2D eigenvalue weighted by Crippen LogP contribution is -2.43. The molecule has 0 amide bonds. The fourth-order valence-corrected chi connectivity index (χ4v) is 2.41. The molecule has 0 aliphatic heterocycles. The quantitative estimate of drug-likeness (QED) is 0.772. The van der Waals surface area contributed by atoms with Crippen LogP contribution in [-0.4, -0.2) is 31.1 Å². The van der Waals surface area contributed by atoms with E-state index in [0.29, 0.717) is 17.9 Å². The Bertz CT molecular complexity index is 332.